The minimum atomic E-state index is 0.122. The Balaban J connectivity index is 1.59. The molecular formula is C22H33N5O2. The number of morpholine rings is 1. The van der Waals surface area contributed by atoms with Gasteiger partial charge in [0.1, 0.15) is 0 Å². The van der Waals surface area contributed by atoms with E-state index in [0.717, 1.165) is 87.9 Å². The fourth-order valence-corrected chi connectivity index (χ4v) is 4.43. The third-order valence-electron chi connectivity index (χ3n) is 6.29. The second-order valence-corrected chi connectivity index (χ2v) is 8.13. The summed E-state index contributed by atoms with van der Waals surface area (Å²) in [5.74, 6) is 1.12. The molecular weight excluding hydrogens is 366 g/mol. The van der Waals surface area contributed by atoms with Gasteiger partial charge in [0, 0.05) is 44.3 Å². The second-order valence-electron chi connectivity index (χ2n) is 8.13. The van der Waals surface area contributed by atoms with Gasteiger partial charge in [0.15, 0.2) is 0 Å². The number of fused-ring (bicyclic) bond motifs is 1. The predicted molar refractivity (Wildman–Crippen MR) is 116 cm³/mol. The number of likely N-dealkylation sites (tertiary alicyclic amines) is 1. The SMILES string of the molecule is CCCn1c(N2CCOCC2)nc2cc(C(=O)N3CCC(N(C)CC)C3)ccc21. The number of carbonyl (C=O) groups is 1. The highest BCUT2D eigenvalue weighted by Gasteiger charge is 2.29. The predicted octanol–water partition coefficient (Wildman–Crippen LogP) is 2.45. The van der Waals surface area contributed by atoms with Crippen molar-refractivity contribution in [2.75, 3.05) is 57.9 Å². The summed E-state index contributed by atoms with van der Waals surface area (Å²) >= 11 is 0. The molecule has 0 bridgehead atoms. The van der Waals surface area contributed by atoms with Crippen LogP contribution in [0.1, 0.15) is 37.0 Å². The van der Waals surface area contributed by atoms with Crippen LogP contribution >= 0.6 is 0 Å². The molecule has 7 nitrogen and oxygen atoms in total. The molecule has 0 aliphatic carbocycles. The quantitative estimate of drug-likeness (QED) is 0.747. The van der Waals surface area contributed by atoms with Gasteiger partial charge in [-0.25, -0.2) is 4.98 Å². The summed E-state index contributed by atoms with van der Waals surface area (Å²) in [4.78, 5) is 24.7. The highest BCUT2D eigenvalue weighted by atomic mass is 16.5. The molecule has 1 unspecified atom stereocenters. The number of carbonyl (C=O) groups excluding carboxylic acids is 1. The van der Waals surface area contributed by atoms with E-state index in [1.165, 1.54) is 0 Å². The van der Waals surface area contributed by atoms with Crippen molar-refractivity contribution in [2.24, 2.45) is 0 Å². The van der Waals surface area contributed by atoms with E-state index in [-0.39, 0.29) is 5.91 Å². The normalized spacial score (nSPS) is 20.2. The van der Waals surface area contributed by atoms with E-state index in [4.69, 9.17) is 9.72 Å². The monoisotopic (exact) mass is 399 g/mol. The number of aryl methyl sites for hydroxylation is 1. The Labute approximate surface area is 173 Å². The average molecular weight is 400 g/mol. The standard InChI is InChI=1S/C22H33N5O2/c1-4-9-27-20-7-6-17(21(28)26-10-8-18(16-26)24(3)5-2)15-19(20)23-22(27)25-11-13-29-14-12-25/h6-7,15,18H,4-5,8-14,16H2,1-3H3. The molecule has 0 saturated carbocycles. The molecule has 2 saturated heterocycles. The van der Waals surface area contributed by atoms with Crippen LogP contribution in [0.25, 0.3) is 11.0 Å². The Hall–Kier alpha value is -2.12. The first-order valence-corrected chi connectivity index (χ1v) is 10.9. The van der Waals surface area contributed by atoms with Crippen LogP contribution in [-0.4, -0.2) is 84.3 Å². The maximum atomic E-state index is 13.1. The largest absolute Gasteiger partial charge is 0.378 e. The molecule has 1 atom stereocenters. The van der Waals surface area contributed by atoms with E-state index in [0.29, 0.717) is 6.04 Å². The molecule has 3 heterocycles. The van der Waals surface area contributed by atoms with Crippen molar-refractivity contribution in [2.45, 2.75) is 39.3 Å². The van der Waals surface area contributed by atoms with Gasteiger partial charge in [0.05, 0.1) is 24.2 Å². The molecule has 2 aliphatic rings. The number of ether oxygens (including phenoxy) is 1. The number of benzene rings is 1. The first-order chi connectivity index (χ1) is 14.1. The summed E-state index contributed by atoms with van der Waals surface area (Å²) in [6, 6.07) is 6.48. The first kappa shape index (κ1) is 20.2. The van der Waals surface area contributed by atoms with Gasteiger partial charge in [-0.1, -0.05) is 13.8 Å². The lowest BCUT2D eigenvalue weighted by Gasteiger charge is -2.28. The van der Waals surface area contributed by atoms with Crippen LogP contribution in [0.5, 0.6) is 0 Å². The molecule has 0 spiro atoms. The third-order valence-corrected chi connectivity index (χ3v) is 6.29. The van der Waals surface area contributed by atoms with Gasteiger partial charge in [-0.3, -0.25) is 4.79 Å². The molecule has 0 radical (unpaired) electrons. The highest BCUT2D eigenvalue weighted by Crippen LogP contribution is 2.26. The molecule has 4 rings (SSSR count). The minimum Gasteiger partial charge on any atom is -0.378 e. The van der Waals surface area contributed by atoms with Crippen molar-refractivity contribution in [3.63, 3.8) is 0 Å². The van der Waals surface area contributed by atoms with Crippen molar-refractivity contribution in [1.29, 1.82) is 0 Å². The molecule has 1 aromatic carbocycles. The van der Waals surface area contributed by atoms with Crippen molar-refractivity contribution in [3.05, 3.63) is 23.8 Å². The fraction of sp³-hybridized carbons (Fsp3) is 0.636. The lowest BCUT2D eigenvalue weighted by Crippen LogP contribution is -2.38. The Morgan fingerprint density at radius 1 is 1.24 bits per heavy atom. The van der Waals surface area contributed by atoms with Gasteiger partial charge in [0.25, 0.3) is 5.91 Å². The average Bonchev–Trinajstić information content (AvgIpc) is 3.39. The maximum absolute atomic E-state index is 13.1. The van der Waals surface area contributed by atoms with Crippen molar-refractivity contribution in [1.82, 2.24) is 19.4 Å². The van der Waals surface area contributed by atoms with E-state index >= 15 is 0 Å². The number of hydrogen-bond donors (Lipinski definition) is 0. The first-order valence-electron chi connectivity index (χ1n) is 10.9. The van der Waals surface area contributed by atoms with Crippen LogP contribution < -0.4 is 4.90 Å². The zero-order valence-corrected chi connectivity index (χ0v) is 17.9. The molecule has 2 aliphatic heterocycles. The summed E-state index contributed by atoms with van der Waals surface area (Å²) in [5, 5.41) is 0. The number of anilines is 1. The van der Waals surface area contributed by atoms with Crippen molar-refractivity contribution >= 4 is 22.9 Å². The van der Waals surface area contributed by atoms with Gasteiger partial charge in [-0.05, 0) is 44.6 Å². The van der Waals surface area contributed by atoms with Crippen LogP contribution in [-0.2, 0) is 11.3 Å². The number of hydrogen-bond acceptors (Lipinski definition) is 5. The van der Waals surface area contributed by atoms with Gasteiger partial charge < -0.3 is 24.0 Å². The number of amides is 1. The molecule has 0 N–H and O–H groups in total. The summed E-state index contributed by atoms with van der Waals surface area (Å²) in [6.45, 7) is 11.1. The molecule has 2 fully saturated rings. The number of aromatic nitrogens is 2. The Morgan fingerprint density at radius 3 is 2.76 bits per heavy atom. The van der Waals surface area contributed by atoms with Crippen LogP contribution in [0.3, 0.4) is 0 Å². The van der Waals surface area contributed by atoms with E-state index < -0.39 is 0 Å². The zero-order valence-electron chi connectivity index (χ0n) is 17.9. The van der Waals surface area contributed by atoms with Crippen molar-refractivity contribution < 1.29 is 9.53 Å². The molecule has 7 heteroatoms. The fourth-order valence-electron chi connectivity index (χ4n) is 4.43. The van der Waals surface area contributed by atoms with E-state index in [9.17, 15) is 4.79 Å². The Kier molecular flexibility index (Phi) is 6.06. The van der Waals surface area contributed by atoms with Gasteiger partial charge >= 0.3 is 0 Å². The molecule has 1 aromatic heterocycles. The summed E-state index contributed by atoms with van der Waals surface area (Å²) in [6.07, 6.45) is 2.09. The highest BCUT2D eigenvalue weighted by molar-refractivity contribution is 5.98. The van der Waals surface area contributed by atoms with Crippen LogP contribution in [0.4, 0.5) is 5.95 Å². The number of rotatable bonds is 6. The van der Waals surface area contributed by atoms with Crippen LogP contribution in [0.15, 0.2) is 18.2 Å². The number of imidazole rings is 1. The number of likely N-dealkylation sites (N-methyl/N-ethyl adjacent to an activating group) is 1. The van der Waals surface area contributed by atoms with E-state index in [1.54, 1.807) is 0 Å². The third kappa shape index (κ3) is 3.98. The van der Waals surface area contributed by atoms with Crippen molar-refractivity contribution in [3.8, 4) is 0 Å². The van der Waals surface area contributed by atoms with E-state index in [2.05, 4.69) is 41.3 Å². The maximum Gasteiger partial charge on any atom is 0.253 e. The molecule has 1 amide bonds. The van der Waals surface area contributed by atoms with Gasteiger partial charge in [0.2, 0.25) is 5.95 Å². The molecule has 158 valence electrons. The van der Waals surface area contributed by atoms with Crippen LogP contribution in [0, 0.1) is 0 Å². The number of nitrogens with zero attached hydrogens (tertiary/aromatic N) is 5. The summed E-state index contributed by atoms with van der Waals surface area (Å²) in [5.41, 5.74) is 2.76. The van der Waals surface area contributed by atoms with Gasteiger partial charge in [-0.2, -0.15) is 0 Å². The molecule has 29 heavy (non-hydrogen) atoms. The van der Waals surface area contributed by atoms with E-state index in [1.807, 2.05) is 17.0 Å². The van der Waals surface area contributed by atoms with Crippen LogP contribution in [0.2, 0.25) is 0 Å². The minimum absolute atomic E-state index is 0.122. The second kappa shape index (κ2) is 8.71. The lowest BCUT2D eigenvalue weighted by molar-refractivity contribution is 0.0781. The Bertz CT molecular complexity index is 858. The topological polar surface area (TPSA) is 53.8 Å². The smallest absolute Gasteiger partial charge is 0.253 e. The lowest BCUT2D eigenvalue weighted by atomic mass is 10.1. The Morgan fingerprint density at radius 2 is 2.03 bits per heavy atom. The zero-order chi connectivity index (χ0) is 20.4. The summed E-state index contributed by atoms with van der Waals surface area (Å²) in [7, 11) is 2.14. The molecule has 2 aromatic rings. The van der Waals surface area contributed by atoms with Gasteiger partial charge in [-0.15, -0.1) is 0 Å². The summed E-state index contributed by atoms with van der Waals surface area (Å²) < 4.78 is 7.79.